The standard InChI is InChI=1S/C20H35NO2/c1-7-9-17(21)18(22)11-13(3)20-14(4)12-19(23-10-8-2)15(5)16(20)6/h12-13,17-18,22H,7-11,21H2,1-6H3. The van der Waals surface area contributed by atoms with Crippen molar-refractivity contribution in [3.63, 3.8) is 0 Å². The molecule has 0 fully saturated rings. The van der Waals surface area contributed by atoms with Gasteiger partial charge in [-0.3, -0.25) is 0 Å². The Hall–Kier alpha value is -1.06. The molecule has 0 aliphatic carbocycles. The third kappa shape index (κ3) is 5.22. The average molecular weight is 322 g/mol. The molecule has 1 rings (SSSR count). The minimum absolute atomic E-state index is 0.128. The van der Waals surface area contributed by atoms with E-state index in [2.05, 4.69) is 47.6 Å². The van der Waals surface area contributed by atoms with Gasteiger partial charge in [-0.25, -0.2) is 0 Å². The molecule has 1 aromatic carbocycles. The number of aliphatic hydroxyl groups excluding tert-OH is 1. The number of hydrogen-bond donors (Lipinski definition) is 2. The summed E-state index contributed by atoms with van der Waals surface area (Å²) in [4.78, 5) is 0. The maximum absolute atomic E-state index is 10.4. The topological polar surface area (TPSA) is 55.5 Å². The van der Waals surface area contributed by atoms with E-state index in [1.807, 2.05) is 0 Å². The molecule has 0 spiro atoms. The van der Waals surface area contributed by atoms with E-state index < -0.39 is 6.10 Å². The number of rotatable bonds is 9. The fourth-order valence-corrected chi connectivity index (χ4v) is 3.37. The zero-order chi connectivity index (χ0) is 17.6. The zero-order valence-electron chi connectivity index (χ0n) is 15.8. The maximum atomic E-state index is 10.4. The molecule has 0 aromatic heterocycles. The number of aryl methyl sites for hydroxylation is 1. The first kappa shape index (κ1) is 20.0. The highest BCUT2D eigenvalue weighted by Crippen LogP contribution is 2.34. The lowest BCUT2D eigenvalue weighted by Gasteiger charge is -2.26. The lowest BCUT2D eigenvalue weighted by Crippen LogP contribution is -2.35. The lowest BCUT2D eigenvalue weighted by atomic mass is 9.84. The molecule has 0 bridgehead atoms. The van der Waals surface area contributed by atoms with Crippen LogP contribution in [0.25, 0.3) is 0 Å². The van der Waals surface area contributed by atoms with Gasteiger partial charge in [0.2, 0.25) is 0 Å². The third-order valence-electron chi connectivity index (χ3n) is 4.77. The van der Waals surface area contributed by atoms with E-state index in [1.54, 1.807) is 0 Å². The van der Waals surface area contributed by atoms with E-state index in [-0.39, 0.29) is 12.0 Å². The Morgan fingerprint density at radius 3 is 2.35 bits per heavy atom. The Labute approximate surface area is 142 Å². The number of nitrogens with two attached hydrogens (primary N) is 1. The molecule has 3 N–H and O–H groups in total. The smallest absolute Gasteiger partial charge is 0.122 e. The molecular formula is C20H35NO2. The van der Waals surface area contributed by atoms with E-state index in [0.29, 0.717) is 6.42 Å². The van der Waals surface area contributed by atoms with Crippen LogP contribution in [0.15, 0.2) is 6.07 Å². The molecule has 3 heteroatoms. The van der Waals surface area contributed by atoms with Gasteiger partial charge >= 0.3 is 0 Å². The fraction of sp³-hybridized carbons (Fsp3) is 0.700. The van der Waals surface area contributed by atoms with Gasteiger partial charge in [-0.2, -0.15) is 0 Å². The van der Waals surface area contributed by atoms with Crippen molar-refractivity contribution in [1.29, 1.82) is 0 Å². The summed E-state index contributed by atoms with van der Waals surface area (Å²) in [7, 11) is 0. The summed E-state index contributed by atoms with van der Waals surface area (Å²) < 4.78 is 5.86. The molecule has 3 atom stereocenters. The van der Waals surface area contributed by atoms with E-state index in [9.17, 15) is 5.11 Å². The molecule has 0 radical (unpaired) electrons. The summed E-state index contributed by atoms with van der Waals surface area (Å²) in [6.45, 7) is 13.6. The van der Waals surface area contributed by atoms with Crippen LogP contribution in [-0.2, 0) is 0 Å². The third-order valence-corrected chi connectivity index (χ3v) is 4.77. The summed E-state index contributed by atoms with van der Waals surface area (Å²) in [5.74, 6) is 1.27. The molecule has 1 aromatic rings. The van der Waals surface area contributed by atoms with Gasteiger partial charge in [0.05, 0.1) is 12.7 Å². The minimum Gasteiger partial charge on any atom is -0.493 e. The van der Waals surface area contributed by atoms with Crippen LogP contribution in [0.5, 0.6) is 5.75 Å². The van der Waals surface area contributed by atoms with Gasteiger partial charge in [0.25, 0.3) is 0 Å². The molecular weight excluding hydrogens is 286 g/mol. The number of hydrogen-bond acceptors (Lipinski definition) is 3. The molecule has 3 nitrogen and oxygen atoms in total. The average Bonchev–Trinajstić information content (AvgIpc) is 2.49. The summed E-state index contributed by atoms with van der Waals surface area (Å²) in [6, 6.07) is 2.01. The molecule has 23 heavy (non-hydrogen) atoms. The van der Waals surface area contributed by atoms with Crippen molar-refractivity contribution in [2.24, 2.45) is 5.73 Å². The predicted molar refractivity (Wildman–Crippen MR) is 98.4 cm³/mol. The highest BCUT2D eigenvalue weighted by atomic mass is 16.5. The van der Waals surface area contributed by atoms with Gasteiger partial charge in [0, 0.05) is 6.04 Å². The first-order valence-electron chi connectivity index (χ1n) is 9.00. The maximum Gasteiger partial charge on any atom is 0.122 e. The molecule has 0 amide bonds. The van der Waals surface area contributed by atoms with Crippen molar-refractivity contribution in [3.8, 4) is 5.75 Å². The van der Waals surface area contributed by atoms with Crippen molar-refractivity contribution < 1.29 is 9.84 Å². The van der Waals surface area contributed by atoms with Gasteiger partial charge in [0.1, 0.15) is 5.75 Å². The highest BCUT2D eigenvalue weighted by Gasteiger charge is 2.22. The van der Waals surface area contributed by atoms with Crippen molar-refractivity contribution >= 4 is 0 Å². The molecule has 0 saturated carbocycles. The number of aliphatic hydroxyl groups is 1. The van der Waals surface area contributed by atoms with Gasteiger partial charge in [-0.1, -0.05) is 27.2 Å². The minimum atomic E-state index is -0.444. The Balaban J connectivity index is 2.96. The monoisotopic (exact) mass is 321 g/mol. The van der Waals surface area contributed by atoms with Crippen molar-refractivity contribution in [1.82, 2.24) is 0 Å². The largest absolute Gasteiger partial charge is 0.493 e. The zero-order valence-corrected chi connectivity index (χ0v) is 15.8. The van der Waals surface area contributed by atoms with E-state index in [0.717, 1.165) is 31.6 Å². The van der Waals surface area contributed by atoms with Gasteiger partial charge in [-0.15, -0.1) is 0 Å². The van der Waals surface area contributed by atoms with Crippen molar-refractivity contribution in [2.45, 2.75) is 85.3 Å². The molecule has 3 unspecified atom stereocenters. The first-order chi connectivity index (χ1) is 10.8. The van der Waals surface area contributed by atoms with E-state index in [4.69, 9.17) is 10.5 Å². The summed E-state index contributed by atoms with van der Waals surface area (Å²) in [5, 5.41) is 10.4. The molecule has 0 heterocycles. The van der Waals surface area contributed by atoms with Crippen LogP contribution in [-0.4, -0.2) is 23.9 Å². The van der Waals surface area contributed by atoms with Crippen LogP contribution in [0.2, 0.25) is 0 Å². The quantitative estimate of drug-likeness (QED) is 0.709. The van der Waals surface area contributed by atoms with Crippen LogP contribution in [0.3, 0.4) is 0 Å². The van der Waals surface area contributed by atoms with Gasteiger partial charge in [0.15, 0.2) is 0 Å². The Bertz CT molecular complexity index is 499. The van der Waals surface area contributed by atoms with Crippen molar-refractivity contribution in [3.05, 3.63) is 28.3 Å². The van der Waals surface area contributed by atoms with Crippen LogP contribution in [0.4, 0.5) is 0 Å². The molecule has 0 aliphatic heterocycles. The number of benzene rings is 1. The van der Waals surface area contributed by atoms with Gasteiger partial charge in [-0.05, 0) is 74.3 Å². The molecule has 0 saturated heterocycles. The van der Waals surface area contributed by atoms with Crippen LogP contribution in [0.1, 0.15) is 74.6 Å². The van der Waals surface area contributed by atoms with E-state index >= 15 is 0 Å². The van der Waals surface area contributed by atoms with Crippen LogP contribution in [0, 0.1) is 20.8 Å². The second-order valence-corrected chi connectivity index (χ2v) is 6.86. The van der Waals surface area contributed by atoms with Crippen molar-refractivity contribution in [2.75, 3.05) is 6.61 Å². The summed E-state index contributed by atoms with van der Waals surface area (Å²) in [5.41, 5.74) is 11.1. The second-order valence-electron chi connectivity index (χ2n) is 6.86. The van der Waals surface area contributed by atoms with Crippen LogP contribution < -0.4 is 10.5 Å². The molecule has 0 aliphatic rings. The Morgan fingerprint density at radius 2 is 1.78 bits per heavy atom. The van der Waals surface area contributed by atoms with Crippen LogP contribution >= 0.6 is 0 Å². The normalized spacial score (nSPS) is 15.3. The fourth-order valence-electron chi connectivity index (χ4n) is 3.37. The Kier molecular flexibility index (Phi) is 8.07. The SMILES string of the molecule is CCCOc1cc(C)c(C(C)CC(O)C(N)CCC)c(C)c1C. The lowest BCUT2D eigenvalue weighted by molar-refractivity contribution is 0.124. The highest BCUT2D eigenvalue weighted by molar-refractivity contribution is 5.49. The summed E-state index contributed by atoms with van der Waals surface area (Å²) >= 11 is 0. The number of ether oxygens (including phenoxy) is 1. The van der Waals surface area contributed by atoms with Gasteiger partial charge < -0.3 is 15.6 Å². The first-order valence-corrected chi connectivity index (χ1v) is 9.00. The predicted octanol–water partition coefficient (Wildman–Crippen LogP) is 4.38. The molecule has 132 valence electrons. The second kappa shape index (κ2) is 9.29. The Morgan fingerprint density at radius 1 is 1.13 bits per heavy atom. The summed E-state index contributed by atoms with van der Waals surface area (Å²) in [6.07, 6.45) is 3.15. The van der Waals surface area contributed by atoms with E-state index in [1.165, 1.54) is 22.3 Å².